The van der Waals surface area contributed by atoms with Gasteiger partial charge >= 0.3 is 0 Å². The Bertz CT molecular complexity index is 600. The first kappa shape index (κ1) is 10.4. The van der Waals surface area contributed by atoms with E-state index in [4.69, 9.17) is 23.7 Å². The molecular weight excluding hydrogens is 226 g/mol. The van der Waals surface area contributed by atoms with Crippen molar-refractivity contribution in [3.63, 3.8) is 0 Å². The van der Waals surface area contributed by atoms with Gasteiger partial charge in [0.05, 0.1) is 11.4 Å². The Kier molecular flexibility index (Phi) is 2.45. The Labute approximate surface area is 95.8 Å². The molecule has 16 heavy (non-hydrogen) atoms. The van der Waals surface area contributed by atoms with Gasteiger partial charge in [-0.1, -0.05) is 24.4 Å². The van der Waals surface area contributed by atoms with Crippen molar-refractivity contribution in [1.29, 1.82) is 0 Å². The number of carbonyl (C=O) groups is 1. The topological polar surface area (TPSA) is 103 Å². The third kappa shape index (κ3) is 1.57. The van der Waals surface area contributed by atoms with Crippen LogP contribution in [-0.4, -0.2) is 20.9 Å². The van der Waals surface area contributed by atoms with Gasteiger partial charge in [-0.25, -0.2) is 9.90 Å². The van der Waals surface area contributed by atoms with Crippen LogP contribution in [-0.2, 0) is 0 Å². The number of primary amides is 1. The van der Waals surface area contributed by atoms with Crippen molar-refractivity contribution in [2.45, 2.75) is 0 Å². The lowest BCUT2D eigenvalue weighted by molar-refractivity contribution is 0.0995. The molecule has 2 rings (SSSR count). The van der Waals surface area contributed by atoms with Crippen LogP contribution >= 0.6 is 12.2 Å². The number of benzene rings is 1. The molecule has 0 saturated heterocycles. The van der Waals surface area contributed by atoms with Crippen molar-refractivity contribution in [3.05, 3.63) is 34.6 Å². The lowest BCUT2D eigenvalue weighted by atomic mass is 10.3. The van der Waals surface area contributed by atoms with Gasteiger partial charge in [-0.15, -0.1) is 0 Å². The molecule has 0 fully saturated rings. The van der Waals surface area contributed by atoms with Gasteiger partial charge in [0.1, 0.15) is 0 Å². The number of nitrogen functional groups attached to an aromatic ring is 1. The van der Waals surface area contributed by atoms with Crippen LogP contribution in [0.4, 0.5) is 5.69 Å². The molecule has 7 heteroatoms. The van der Waals surface area contributed by atoms with E-state index in [2.05, 4.69) is 10.3 Å². The number of rotatable bonds is 2. The zero-order valence-electron chi connectivity index (χ0n) is 8.18. The van der Waals surface area contributed by atoms with Gasteiger partial charge in [0.2, 0.25) is 0 Å². The molecular formula is C9H9N5OS. The first-order valence-corrected chi connectivity index (χ1v) is 4.84. The molecule has 5 N–H and O–H groups in total. The number of carbonyl (C=O) groups excluding carboxylic acids is 1. The zero-order chi connectivity index (χ0) is 11.7. The number of hydrogen-bond donors (Lipinski definition) is 3. The lowest BCUT2D eigenvalue weighted by Gasteiger charge is -2.04. The normalized spacial score (nSPS) is 10.2. The molecule has 0 aliphatic heterocycles. The number of aromatic amines is 1. The minimum Gasteiger partial charge on any atom is -0.397 e. The summed E-state index contributed by atoms with van der Waals surface area (Å²) in [6.45, 7) is 0. The second-order valence-electron chi connectivity index (χ2n) is 3.12. The Morgan fingerprint density at radius 2 is 2.12 bits per heavy atom. The van der Waals surface area contributed by atoms with E-state index >= 15 is 0 Å². The first-order valence-electron chi connectivity index (χ1n) is 4.43. The monoisotopic (exact) mass is 235 g/mol. The molecule has 1 amide bonds. The number of H-pyrrole nitrogens is 1. The van der Waals surface area contributed by atoms with Crippen LogP contribution in [0.5, 0.6) is 0 Å². The van der Waals surface area contributed by atoms with Crippen LogP contribution in [0.2, 0.25) is 0 Å². The molecule has 1 aromatic heterocycles. The van der Waals surface area contributed by atoms with Crippen molar-refractivity contribution >= 4 is 23.8 Å². The fourth-order valence-corrected chi connectivity index (χ4v) is 1.60. The quantitative estimate of drug-likeness (QED) is 0.524. The number of nitrogens with one attached hydrogen (secondary N) is 1. The fraction of sp³-hybridized carbons (Fsp3) is 0. The number of amides is 1. The summed E-state index contributed by atoms with van der Waals surface area (Å²) in [7, 11) is 0. The predicted octanol–water partition coefficient (Wildman–Crippen LogP) is 0.611. The maximum Gasteiger partial charge on any atom is 0.272 e. The van der Waals surface area contributed by atoms with Crippen molar-refractivity contribution in [1.82, 2.24) is 15.0 Å². The molecule has 0 radical (unpaired) electrons. The third-order valence-electron chi connectivity index (χ3n) is 2.08. The van der Waals surface area contributed by atoms with Crippen LogP contribution in [0.25, 0.3) is 5.69 Å². The highest BCUT2D eigenvalue weighted by molar-refractivity contribution is 7.71. The van der Waals surface area contributed by atoms with E-state index in [1.54, 1.807) is 24.3 Å². The maximum absolute atomic E-state index is 11.0. The van der Waals surface area contributed by atoms with Crippen LogP contribution in [0, 0.1) is 4.64 Å². The standard InChI is InChI=1S/C9H9N5OS/c10-5-3-1-2-4-6(5)14-9(16)7(8(11)15)12-13-14/h1-4,13H,10H2,(H2,11,15). The number of aromatic nitrogens is 3. The van der Waals surface area contributed by atoms with Gasteiger partial charge in [-0.05, 0) is 12.1 Å². The van der Waals surface area contributed by atoms with Crippen molar-refractivity contribution in [2.75, 3.05) is 5.73 Å². The number of nitrogens with zero attached hydrogens (tertiary/aromatic N) is 2. The summed E-state index contributed by atoms with van der Waals surface area (Å²) in [6.07, 6.45) is 0. The Morgan fingerprint density at radius 1 is 1.44 bits per heavy atom. The van der Waals surface area contributed by atoms with Crippen molar-refractivity contribution in [3.8, 4) is 5.69 Å². The molecule has 82 valence electrons. The highest BCUT2D eigenvalue weighted by Crippen LogP contribution is 2.16. The SMILES string of the molecule is NC(=O)c1n[nH]n(-c2ccccc2N)c1=S. The minimum absolute atomic E-state index is 0.0262. The molecule has 2 aromatic rings. The molecule has 0 atom stereocenters. The van der Waals surface area contributed by atoms with Crippen LogP contribution in [0.1, 0.15) is 10.5 Å². The van der Waals surface area contributed by atoms with E-state index in [9.17, 15) is 4.79 Å². The van der Waals surface area contributed by atoms with Crippen LogP contribution in [0.3, 0.4) is 0 Å². The van der Waals surface area contributed by atoms with Gasteiger partial charge in [-0.3, -0.25) is 4.79 Å². The van der Waals surface area contributed by atoms with E-state index in [-0.39, 0.29) is 10.3 Å². The van der Waals surface area contributed by atoms with E-state index in [1.165, 1.54) is 4.68 Å². The molecule has 0 spiro atoms. The van der Waals surface area contributed by atoms with Gasteiger partial charge in [0.25, 0.3) is 5.91 Å². The summed E-state index contributed by atoms with van der Waals surface area (Å²) in [5, 5.41) is 6.33. The Hall–Kier alpha value is -2.15. The second kappa shape index (κ2) is 3.78. The molecule has 0 aliphatic rings. The molecule has 1 aromatic carbocycles. The number of hydrogen-bond acceptors (Lipinski definition) is 4. The lowest BCUT2D eigenvalue weighted by Crippen LogP contribution is -2.12. The molecule has 0 saturated carbocycles. The smallest absolute Gasteiger partial charge is 0.272 e. The Morgan fingerprint density at radius 3 is 2.69 bits per heavy atom. The molecule has 0 unspecified atom stereocenters. The highest BCUT2D eigenvalue weighted by atomic mass is 32.1. The van der Waals surface area contributed by atoms with Crippen molar-refractivity contribution < 1.29 is 4.79 Å². The van der Waals surface area contributed by atoms with E-state index in [1.807, 2.05) is 0 Å². The maximum atomic E-state index is 11.0. The first-order chi connectivity index (χ1) is 7.61. The van der Waals surface area contributed by atoms with Crippen LogP contribution < -0.4 is 11.5 Å². The molecule has 0 aliphatic carbocycles. The van der Waals surface area contributed by atoms with E-state index in [0.717, 1.165) is 0 Å². The van der Waals surface area contributed by atoms with Gasteiger partial charge in [0.15, 0.2) is 10.3 Å². The molecule has 0 bridgehead atoms. The second-order valence-corrected chi connectivity index (χ2v) is 3.51. The third-order valence-corrected chi connectivity index (χ3v) is 2.45. The summed E-state index contributed by atoms with van der Waals surface area (Å²) in [5.74, 6) is -0.672. The van der Waals surface area contributed by atoms with Gasteiger partial charge < -0.3 is 11.5 Å². The number of nitrogens with two attached hydrogens (primary N) is 2. The highest BCUT2D eigenvalue weighted by Gasteiger charge is 2.12. The average Bonchev–Trinajstić information content (AvgIpc) is 2.61. The number of para-hydroxylation sites is 2. The summed E-state index contributed by atoms with van der Waals surface area (Å²) >= 11 is 5.06. The van der Waals surface area contributed by atoms with Crippen molar-refractivity contribution in [2.24, 2.45) is 5.73 Å². The predicted molar refractivity (Wildman–Crippen MR) is 61.7 cm³/mol. The summed E-state index contributed by atoms with van der Waals surface area (Å²) < 4.78 is 1.65. The summed E-state index contributed by atoms with van der Waals surface area (Å²) in [5.41, 5.74) is 12.1. The summed E-state index contributed by atoms with van der Waals surface area (Å²) in [4.78, 5) is 11.0. The molecule has 1 heterocycles. The van der Waals surface area contributed by atoms with Gasteiger partial charge in [-0.2, -0.15) is 5.10 Å². The molecule has 6 nitrogen and oxygen atoms in total. The average molecular weight is 235 g/mol. The Balaban J connectivity index is 2.63. The zero-order valence-corrected chi connectivity index (χ0v) is 8.99. The van der Waals surface area contributed by atoms with Crippen LogP contribution in [0.15, 0.2) is 24.3 Å². The van der Waals surface area contributed by atoms with Gasteiger partial charge in [0, 0.05) is 0 Å². The minimum atomic E-state index is -0.672. The number of anilines is 1. The van der Waals surface area contributed by atoms with E-state index < -0.39 is 5.91 Å². The fourth-order valence-electron chi connectivity index (χ4n) is 1.31. The largest absolute Gasteiger partial charge is 0.397 e. The summed E-state index contributed by atoms with van der Waals surface area (Å²) in [6, 6.07) is 7.09. The van der Waals surface area contributed by atoms with E-state index in [0.29, 0.717) is 11.4 Å².